The zero-order valence-electron chi connectivity index (χ0n) is 19.3. The molecule has 4 aromatic rings. The minimum absolute atomic E-state index is 0.0479. The molecule has 3 atom stereocenters. The number of nitrogens with zero attached hydrogens (tertiary/aromatic N) is 5. The van der Waals surface area contributed by atoms with Crippen molar-refractivity contribution in [1.29, 1.82) is 0 Å². The molecule has 0 bridgehead atoms. The maximum atomic E-state index is 13.1. The monoisotopic (exact) mass is 446 g/mol. The number of hydrogen-bond acceptors (Lipinski definition) is 5. The molecule has 3 heterocycles. The third-order valence-electron chi connectivity index (χ3n) is 6.80. The van der Waals surface area contributed by atoms with Crippen molar-refractivity contribution in [3.63, 3.8) is 0 Å². The molecule has 1 N–H and O–H groups in total. The Morgan fingerprint density at radius 3 is 2.79 bits per heavy atom. The van der Waals surface area contributed by atoms with E-state index in [-0.39, 0.29) is 24.2 Å². The van der Waals surface area contributed by atoms with Gasteiger partial charge in [-0.3, -0.25) is 4.40 Å². The Morgan fingerprint density at radius 2 is 2.03 bits per heavy atom. The predicted molar refractivity (Wildman–Crippen MR) is 126 cm³/mol. The molecule has 1 aliphatic carbocycles. The molecule has 5 rings (SSSR count). The zero-order valence-corrected chi connectivity index (χ0v) is 19.3. The number of nitrogens with one attached hydrogen (secondary N) is 1. The average Bonchev–Trinajstić information content (AvgIpc) is 3.54. The van der Waals surface area contributed by atoms with Crippen LogP contribution in [0.4, 0.5) is 4.79 Å². The van der Waals surface area contributed by atoms with Gasteiger partial charge in [0.15, 0.2) is 11.3 Å². The Morgan fingerprint density at radius 1 is 1.21 bits per heavy atom. The van der Waals surface area contributed by atoms with Gasteiger partial charge in [-0.05, 0) is 44.2 Å². The quantitative estimate of drug-likeness (QED) is 0.454. The van der Waals surface area contributed by atoms with Crippen LogP contribution in [0, 0.1) is 5.92 Å². The van der Waals surface area contributed by atoms with Gasteiger partial charge in [0.05, 0.1) is 11.7 Å². The van der Waals surface area contributed by atoms with Crippen molar-refractivity contribution in [3.05, 3.63) is 60.2 Å². The maximum Gasteiger partial charge on any atom is 0.410 e. The highest BCUT2D eigenvalue weighted by Crippen LogP contribution is 2.42. The average molecular weight is 447 g/mol. The Kier molecular flexibility index (Phi) is 5.74. The Hall–Kier alpha value is -3.42. The first-order valence-corrected chi connectivity index (χ1v) is 11.7. The number of rotatable bonds is 6. The summed E-state index contributed by atoms with van der Waals surface area (Å²) in [6, 6.07) is 12.1. The number of carbonyl (C=O) groups is 1. The van der Waals surface area contributed by atoms with E-state index in [9.17, 15) is 4.79 Å². The third-order valence-corrected chi connectivity index (χ3v) is 6.80. The second kappa shape index (κ2) is 8.84. The van der Waals surface area contributed by atoms with Crippen LogP contribution in [0.3, 0.4) is 0 Å². The van der Waals surface area contributed by atoms with Crippen LogP contribution < -0.4 is 0 Å². The lowest BCUT2D eigenvalue weighted by Gasteiger charge is -2.27. The van der Waals surface area contributed by atoms with Gasteiger partial charge in [-0.15, -0.1) is 10.2 Å². The van der Waals surface area contributed by atoms with Crippen molar-refractivity contribution in [1.82, 2.24) is 29.5 Å². The highest BCUT2D eigenvalue weighted by molar-refractivity contribution is 5.74. The zero-order chi connectivity index (χ0) is 22.9. The number of hydrogen-bond donors (Lipinski definition) is 1. The molecule has 1 saturated carbocycles. The van der Waals surface area contributed by atoms with E-state index >= 15 is 0 Å². The van der Waals surface area contributed by atoms with Crippen LogP contribution in [-0.2, 0) is 11.3 Å². The Labute approximate surface area is 193 Å². The van der Waals surface area contributed by atoms with E-state index in [0.29, 0.717) is 12.5 Å². The van der Waals surface area contributed by atoms with Gasteiger partial charge in [0.1, 0.15) is 11.9 Å². The van der Waals surface area contributed by atoms with Crippen molar-refractivity contribution in [2.24, 2.45) is 5.92 Å². The summed E-state index contributed by atoms with van der Waals surface area (Å²) in [6.45, 7) is 6.77. The molecule has 0 aliphatic heterocycles. The maximum absolute atomic E-state index is 13.1. The number of carbonyl (C=O) groups excluding carboxylic acids is 1. The SMILES string of the molecule is CC[C@@H]1C[C@H](OC(=O)N(Cc2ccccc2)C(C)C)CC1c1nnc2cnc3[nH]ccc3n12. The number of fused-ring (bicyclic) bond motifs is 3. The molecule has 1 unspecified atom stereocenters. The van der Waals surface area contributed by atoms with Gasteiger partial charge in [0.25, 0.3) is 0 Å². The molecule has 0 radical (unpaired) electrons. The number of amides is 1. The molecule has 8 heteroatoms. The number of H-pyrrole nitrogens is 1. The number of aromatic amines is 1. The number of aromatic nitrogens is 5. The second-order valence-corrected chi connectivity index (χ2v) is 9.18. The molecule has 1 aliphatic rings. The van der Waals surface area contributed by atoms with Crippen LogP contribution in [0.15, 0.2) is 48.8 Å². The first kappa shape index (κ1) is 21.4. The minimum atomic E-state index is -0.252. The first-order valence-electron chi connectivity index (χ1n) is 11.7. The molecular formula is C25H30N6O2. The molecule has 1 amide bonds. The predicted octanol–water partition coefficient (Wildman–Crippen LogP) is 4.93. The van der Waals surface area contributed by atoms with E-state index < -0.39 is 0 Å². The van der Waals surface area contributed by atoms with E-state index in [4.69, 9.17) is 4.74 Å². The van der Waals surface area contributed by atoms with Crippen LogP contribution in [0.5, 0.6) is 0 Å². The van der Waals surface area contributed by atoms with E-state index in [1.165, 1.54) is 0 Å². The van der Waals surface area contributed by atoms with Gasteiger partial charge < -0.3 is 14.6 Å². The lowest BCUT2D eigenvalue weighted by atomic mass is 9.93. The van der Waals surface area contributed by atoms with Crippen molar-refractivity contribution in [3.8, 4) is 0 Å². The molecule has 1 fully saturated rings. The largest absolute Gasteiger partial charge is 0.446 e. The molecule has 0 saturated heterocycles. The fraction of sp³-hybridized carbons (Fsp3) is 0.440. The highest BCUT2D eigenvalue weighted by atomic mass is 16.6. The van der Waals surface area contributed by atoms with Crippen molar-refractivity contribution in [2.75, 3.05) is 0 Å². The summed E-state index contributed by atoms with van der Waals surface area (Å²) in [5.74, 6) is 1.47. The van der Waals surface area contributed by atoms with E-state index in [0.717, 1.165) is 47.5 Å². The summed E-state index contributed by atoms with van der Waals surface area (Å²) in [5, 5.41) is 8.91. The van der Waals surface area contributed by atoms with Gasteiger partial charge in [-0.1, -0.05) is 43.7 Å². The van der Waals surface area contributed by atoms with Crippen LogP contribution in [-0.4, -0.2) is 47.7 Å². The van der Waals surface area contributed by atoms with Crippen LogP contribution in [0.2, 0.25) is 0 Å². The minimum Gasteiger partial charge on any atom is -0.446 e. The van der Waals surface area contributed by atoms with Gasteiger partial charge in [-0.2, -0.15) is 0 Å². The topological polar surface area (TPSA) is 88.4 Å². The summed E-state index contributed by atoms with van der Waals surface area (Å²) < 4.78 is 8.15. The summed E-state index contributed by atoms with van der Waals surface area (Å²) >= 11 is 0. The second-order valence-electron chi connectivity index (χ2n) is 9.18. The summed E-state index contributed by atoms with van der Waals surface area (Å²) in [6.07, 6.45) is 5.81. The fourth-order valence-corrected chi connectivity index (χ4v) is 5.02. The smallest absolute Gasteiger partial charge is 0.410 e. The first-order chi connectivity index (χ1) is 16.0. The fourth-order valence-electron chi connectivity index (χ4n) is 5.02. The lowest BCUT2D eigenvalue weighted by molar-refractivity contribution is 0.0528. The van der Waals surface area contributed by atoms with Gasteiger partial charge in [0.2, 0.25) is 0 Å². The van der Waals surface area contributed by atoms with Crippen LogP contribution in [0.25, 0.3) is 16.8 Å². The molecule has 0 spiro atoms. The Bertz CT molecular complexity index is 1250. The van der Waals surface area contributed by atoms with Gasteiger partial charge in [0, 0.05) is 24.7 Å². The van der Waals surface area contributed by atoms with Crippen molar-refractivity contribution < 1.29 is 9.53 Å². The van der Waals surface area contributed by atoms with Crippen LogP contribution in [0.1, 0.15) is 57.3 Å². The Balaban J connectivity index is 1.36. The molecule has 1 aromatic carbocycles. The van der Waals surface area contributed by atoms with Gasteiger partial charge >= 0.3 is 6.09 Å². The molecular weight excluding hydrogens is 416 g/mol. The van der Waals surface area contributed by atoms with E-state index in [1.807, 2.05) is 56.4 Å². The molecule has 33 heavy (non-hydrogen) atoms. The van der Waals surface area contributed by atoms with E-state index in [1.54, 1.807) is 11.1 Å². The lowest BCUT2D eigenvalue weighted by Crippen LogP contribution is -2.38. The number of ether oxygens (including phenoxy) is 1. The summed E-state index contributed by atoms with van der Waals surface area (Å²) in [4.78, 5) is 22.5. The van der Waals surface area contributed by atoms with Crippen molar-refractivity contribution >= 4 is 22.9 Å². The normalized spacial score (nSPS) is 20.7. The summed E-state index contributed by atoms with van der Waals surface area (Å²) in [5.41, 5.74) is 3.61. The van der Waals surface area contributed by atoms with Crippen LogP contribution >= 0.6 is 0 Å². The summed E-state index contributed by atoms with van der Waals surface area (Å²) in [7, 11) is 0. The highest BCUT2D eigenvalue weighted by Gasteiger charge is 2.39. The molecule has 3 aromatic heterocycles. The van der Waals surface area contributed by atoms with E-state index in [2.05, 4.69) is 31.5 Å². The molecule has 172 valence electrons. The van der Waals surface area contributed by atoms with Gasteiger partial charge in [-0.25, -0.2) is 9.78 Å². The molecule has 8 nitrogen and oxygen atoms in total. The third kappa shape index (κ3) is 4.05. The number of benzene rings is 1. The standard InChI is InChI=1S/C25H30N6O2/c1-4-18-12-19(33-25(32)30(16(2)3)15-17-8-6-5-7-9-17)13-20(18)24-29-28-22-14-27-23-21(31(22)24)10-11-26-23/h5-11,14,16,18-20,26H,4,12-13,15H2,1-3H3/t18-,19+,20?/m1/s1. The van der Waals surface area contributed by atoms with Crippen molar-refractivity contribution in [2.45, 2.75) is 64.6 Å².